The number of non-ortho nitro benzene ring substituents is 1. The third-order valence-corrected chi connectivity index (χ3v) is 9.30. The molecule has 3 heterocycles. The van der Waals surface area contributed by atoms with Gasteiger partial charge in [-0.3, -0.25) is 24.6 Å². The lowest BCUT2D eigenvalue weighted by Crippen LogP contribution is -2.53. The minimum atomic E-state index is -1.16. The van der Waals surface area contributed by atoms with E-state index in [2.05, 4.69) is 23.2 Å². The van der Waals surface area contributed by atoms with E-state index in [1.54, 1.807) is 12.1 Å². The van der Waals surface area contributed by atoms with Gasteiger partial charge in [-0.1, -0.05) is 73.7 Å². The largest absolute Gasteiger partial charge is 0.324 e. The van der Waals surface area contributed by atoms with Gasteiger partial charge >= 0.3 is 0 Å². The smallest absolute Gasteiger partial charge is 0.269 e. The molecule has 40 heavy (non-hydrogen) atoms. The van der Waals surface area contributed by atoms with Crippen LogP contribution in [0.3, 0.4) is 0 Å². The molecule has 3 aliphatic heterocycles. The number of carbonyl (C=O) groups is 2. The van der Waals surface area contributed by atoms with Crippen molar-refractivity contribution in [3.63, 3.8) is 0 Å². The number of amides is 1. The lowest BCUT2D eigenvalue weighted by Gasteiger charge is -2.37. The van der Waals surface area contributed by atoms with E-state index in [0.717, 1.165) is 52.4 Å². The normalized spacial score (nSPS) is 25.2. The van der Waals surface area contributed by atoms with Gasteiger partial charge in [0.1, 0.15) is 5.54 Å². The van der Waals surface area contributed by atoms with E-state index in [1.807, 2.05) is 54.6 Å². The van der Waals surface area contributed by atoms with Crippen molar-refractivity contribution in [3.8, 4) is 0 Å². The summed E-state index contributed by atoms with van der Waals surface area (Å²) in [5.41, 5.74) is 3.03. The predicted molar refractivity (Wildman–Crippen MR) is 153 cm³/mol. The molecule has 200 valence electrons. The first-order valence-corrected chi connectivity index (χ1v) is 13.9. The summed E-state index contributed by atoms with van der Waals surface area (Å²) in [6.07, 6.45) is 2.58. The average Bonchev–Trinajstić information content (AvgIpc) is 3.65. The second-order valence-electron chi connectivity index (χ2n) is 11.1. The fourth-order valence-electron chi connectivity index (χ4n) is 7.63. The molecule has 4 aromatic rings. The van der Waals surface area contributed by atoms with Crippen LogP contribution < -0.4 is 5.32 Å². The second-order valence-corrected chi connectivity index (χ2v) is 11.1. The lowest BCUT2D eigenvalue weighted by molar-refractivity contribution is -0.384. The minimum Gasteiger partial charge on any atom is -0.324 e. The number of anilines is 1. The molecule has 0 aliphatic carbocycles. The fourth-order valence-corrected chi connectivity index (χ4v) is 7.63. The van der Waals surface area contributed by atoms with E-state index < -0.39 is 16.4 Å². The van der Waals surface area contributed by atoms with Crippen LogP contribution in [0.5, 0.6) is 0 Å². The molecule has 4 aromatic carbocycles. The summed E-state index contributed by atoms with van der Waals surface area (Å²) in [5.74, 6) is -1.25. The van der Waals surface area contributed by atoms with Crippen molar-refractivity contribution in [2.45, 2.75) is 43.7 Å². The lowest BCUT2D eigenvalue weighted by atomic mass is 9.68. The van der Waals surface area contributed by atoms with E-state index >= 15 is 4.79 Å². The number of Topliss-reactive ketones (excluding diaryl/α,β-unsaturated/α-hetero) is 1. The third-order valence-electron chi connectivity index (χ3n) is 9.30. The van der Waals surface area contributed by atoms with Crippen LogP contribution in [0.4, 0.5) is 11.4 Å². The molecular weight excluding hydrogens is 502 g/mol. The highest BCUT2D eigenvalue weighted by Gasteiger charge is 2.69. The molecule has 7 rings (SSSR count). The molecule has 3 aliphatic rings. The quantitative estimate of drug-likeness (QED) is 0.188. The van der Waals surface area contributed by atoms with Crippen LogP contribution in [0.2, 0.25) is 0 Å². The SMILES string of the molecule is CCc1ccc2c(c1)[C@]1(C(=O)N2)C(C(=O)c2cccc3ccccc23)C(c2ccc([N+](=O)[O-])cc2)C2CCCN21. The van der Waals surface area contributed by atoms with E-state index in [1.165, 1.54) is 12.1 Å². The maximum Gasteiger partial charge on any atom is 0.269 e. The molecule has 2 fully saturated rings. The maximum atomic E-state index is 15.0. The Bertz CT molecular complexity index is 1690. The molecule has 7 heteroatoms. The Balaban J connectivity index is 1.50. The van der Waals surface area contributed by atoms with Crippen molar-refractivity contribution in [2.75, 3.05) is 11.9 Å². The summed E-state index contributed by atoms with van der Waals surface area (Å²) in [4.78, 5) is 42.6. The number of aryl methyl sites for hydroxylation is 1. The number of hydrogen-bond acceptors (Lipinski definition) is 5. The van der Waals surface area contributed by atoms with Gasteiger partial charge in [0.2, 0.25) is 5.91 Å². The van der Waals surface area contributed by atoms with Crippen LogP contribution in [0.1, 0.15) is 52.7 Å². The number of benzene rings is 4. The monoisotopic (exact) mass is 531 g/mol. The van der Waals surface area contributed by atoms with Crippen LogP contribution >= 0.6 is 0 Å². The molecule has 1 spiro atoms. The fraction of sp³-hybridized carbons (Fsp3) is 0.273. The van der Waals surface area contributed by atoms with Gasteiger partial charge in [0, 0.05) is 40.9 Å². The molecule has 0 radical (unpaired) electrons. The standard InChI is InChI=1S/C33H29N3O4/c1-2-20-12-17-27-26(19-20)33(32(38)34-27)30(31(37)25-10-5-8-21-7-3-4-9-24(21)25)29(28-11-6-18-35(28)33)22-13-15-23(16-14-22)36(39)40/h3-5,7-10,12-17,19,28-30H,2,6,11,18H2,1H3,(H,34,38)/t28?,29?,30?,33-/m1/s1. The molecule has 7 nitrogen and oxygen atoms in total. The molecule has 1 N–H and O–H groups in total. The molecule has 3 unspecified atom stereocenters. The van der Waals surface area contributed by atoms with Gasteiger partial charge in [-0.25, -0.2) is 0 Å². The number of nitro benzene ring substituents is 1. The molecule has 1 amide bonds. The number of fused-ring (bicyclic) bond motifs is 5. The Morgan fingerprint density at radius 2 is 1.82 bits per heavy atom. The average molecular weight is 532 g/mol. The van der Waals surface area contributed by atoms with E-state index in [0.29, 0.717) is 12.1 Å². The van der Waals surface area contributed by atoms with Crippen molar-refractivity contribution in [1.29, 1.82) is 0 Å². The third kappa shape index (κ3) is 3.34. The van der Waals surface area contributed by atoms with Crippen molar-refractivity contribution in [2.24, 2.45) is 5.92 Å². The number of nitrogens with one attached hydrogen (secondary N) is 1. The molecule has 4 atom stereocenters. The highest BCUT2D eigenvalue weighted by molar-refractivity contribution is 6.16. The van der Waals surface area contributed by atoms with Crippen molar-refractivity contribution >= 4 is 33.8 Å². The number of nitrogens with zero attached hydrogens (tertiary/aromatic N) is 2. The van der Waals surface area contributed by atoms with Crippen molar-refractivity contribution < 1.29 is 14.5 Å². The first-order chi connectivity index (χ1) is 19.4. The van der Waals surface area contributed by atoms with Gasteiger partial charge < -0.3 is 5.32 Å². The van der Waals surface area contributed by atoms with Crippen LogP contribution in [-0.4, -0.2) is 34.1 Å². The van der Waals surface area contributed by atoms with Crippen LogP contribution in [0.25, 0.3) is 10.8 Å². The zero-order valence-corrected chi connectivity index (χ0v) is 22.2. The summed E-state index contributed by atoms with van der Waals surface area (Å²) in [5, 5.41) is 16.4. The first-order valence-electron chi connectivity index (χ1n) is 13.9. The molecule has 0 saturated carbocycles. The van der Waals surface area contributed by atoms with E-state index in [-0.39, 0.29) is 29.3 Å². The summed E-state index contributed by atoms with van der Waals surface area (Å²) in [6, 6.07) is 26.2. The Labute approximate surface area is 232 Å². The van der Waals surface area contributed by atoms with Gasteiger partial charge in [-0.15, -0.1) is 0 Å². The zero-order chi connectivity index (χ0) is 27.6. The Morgan fingerprint density at radius 1 is 1.05 bits per heavy atom. The topological polar surface area (TPSA) is 92.5 Å². The molecule has 0 bridgehead atoms. The van der Waals surface area contributed by atoms with Gasteiger partial charge in [0.05, 0.1) is 10.8 Å². The molecular formula is C33H29N3O4. The summed E-state index contributed by atoms with van der Waals surface area (Å²) in [7, 11) is 0. The maximum absolute atomic E-state index is 15.0. The molecule has 0 aromatic heterocycles. The predicted octanol–water partition coefficient (Wildman–Crippen LogP) is 6.22. The van der Waals surface area contributed by atoms with Crippen molar-refractivity contribution in [3.05, 3.63) is 117 Å². The second kappa shape index (κ2) is 9.10. The highest BCUT2D eigenvalue weighted by Crippen LogP contribution is 2.61. The summed E-state index contributed by atoms with van der Waals surface area (Å²) < 4.78 is 0. The van der Waals surface area contributed by atoms with Crippen LogP contribution in [0, 0.1) is 16.0 Å². The Hall–Kier alpha value is -4.36. The molecule has 2 saturated heterocycles. The Morgan fingerprint density at radius 3 is 2.60 bits per heavy atom. The van der Waals surface area contributed by atoms with E-state index in [4.69, 9.17) is 0 Å². The van der Waals surface area contributed by atoms with Gasteiger partial charge in [0.15, 0.2) is 5.78 Å². The Kier molecular flexibility index (Phi) is 5.61. The summed E-state index contributed by atoms with van der Waals surface area (Å²) >= 11 is 0. The first kappa shape index (κ1) is 24.7. The van der Waals surface area contributed by atoms with Crippen molar-refractivity contribution in [1.82, 2.24) is 4.90 Å². The minimum absolute atomic E-state index is 0.00760. The van der Waals surface area contributed by atoms with Crippen LogP contribution in [0.15, 0.2) is 84.9 Å². The van der Waals surface area contributed by atoms with Crippen LogP contribution in [-0.2, 0) is 16.8 Å². The van der Waals surface area contributed by atoms with Gasteiger partial charge in [0.25, 0.3) is 5.69 Å². The number of nitro groups is 1. The van der Waals surface area contributed by atoms with Gasteiger partial charge in [-0.2, -0.15) is 0 Å². The number of ketones is 1. The zero-order valence-electron chi connectivity index (χ0n) is 22.2. The summed E-state index contributed by atoms with van der Waals surface area (Å²) in [6.45, 7) is 2.79. The highest BCUT2D eigenvalue weighted by atomic mass is 16.6. The van der Waals surface area contributed by atoms with Gasteiger partial charge in [-0.05, 0) is 53.8 Å². The number of carbonyl (C=O) groups excluding carboxylic acids is 2. The number of hydrogen-bond donors (Lipinski definition) is 1. The van der Waals surface area contributed by atoms with E-state index in [9.17, 15) is 14.9 Å². The number of rotatable bonds is 5.